The largest absolute Gasteiger partial charge is 0.618 e. The van der Waals surface area contributed by atoms with E-state index in [0.717, 1.165) is 44.5 Å². The molecule has 5 aromatic rings. The van der Waals surface area contributed by atoms with Crippen LogP contribution in [0.4, 0.5) is 11.4 Å². The number of ether oxygens (including phenoxy) is 2. The van der Waals surface area contributed by atoms with Crippen LogP contribution < -0.4 is 21.1 Å². The summed E-state index contributed by atoms with van der Waals surface area (Å²) in [6.07, 6.45) is 4.07. The van der Waals surface area contributed by atoms with Crippen LogP contribution in [0.3, 0.4) is 0 Å². The average Bonchev–Trinajstić information content (AvgIpc) is 3.20. The predicted molar refractivity (Wildman–Crippen MR) is 211 cm³/mol. The Bertz CT molecular complexity index is 1990. The Hall–Kier alpha value is -5.20. The molecule has 1 aromatic heterocycles. The second kappa shape index (κ2) is 19.2. The molecule has 0 bridgehead atoms. The Labute approximate surface area is 320 Å². The second-order valence-corrected chi connectivity index (χ2v) is 14.4. The smallest absolute Gasteiger partial charge is 0.251 e. The molecule has 10 nitrogen and oxygen atoms in total. The maximum Gasteiger partial charge on any atom is 0.251 e. The Balaban J connectivity index is 1.00. The number of hydrogen-bond acceptors (Lipinski definition) is 8. The summed E-state index contributed by atoms with van der Waals surface area (Å²) in [6, 6.07) is 36.5. The molecule has 54 heavy (non-hydrogen) atoms. The van der Waals surface area contributed by atoms with Gasteiger partial charge in [-0.1, -0.05) is 97.0 Å². The van der Waals surface area contributed by atoms with Crippen LogP contribution in [0, 0.1) is 5.21 Å². The van der Waals surface area contributed by atoms with Gasteiger partial charge < -0.3 is 36.2 Å². The molecule has 1 saturated heterocycles. The number of aliphatic hydroxyl groups is 1. The summed E-state index contributed by atoms with van der Waals surface area (Å²) < 4.78 is 13.8. The lowest BCUT2D eigenvalue weighted by Crippen LogP contribution is -2.32. The van der Waals surface area contributed by atoms with Crippen molar-refractivity contribution in [3.8, 4) is 11.1 Å². The standard InChI is InChI=1S/C43H46N4O6S/c44-37-11-4-5-12-38(37)46-41(50)14-3-1-2-13-40(49)45-27-31-9-8-10-35(25-31)32-20-22-34(23-21-32)43-52-36(29-54-42-15-6-7-24-47(42)51)26-39(53-43)33-18-16-30(28-48)17-19-33/h4-12,15-25,36,39,43,48H,1-3,13-14,26-29,44H2,(H,45,49)(H,46,50)/t36-,39+,43+/m1/s1. The minimum Gasteiger partial charge on any atom is -0.618 e. The predicted octanol–water partition coefficient (Wildman–Crippen LogP) is 7.60. The maximum absolute atomic E-state index is 12.6. The quantitative estimate of drug-likeness (QED) is 0.0265. The van der Waals surface area contributed by atoms with Gasteiger partial charge in [0.2, 0.25) is 11.8 Å². The van der Waals surface area contributed by atoms with Gasteiger partial charge in [0.05, 0.1) is 30.2 Å². The minimum absolute atomic E-state index is 0.0194. The topological polar surface area (TPSA) is 150 Å². The van der Waals surface area contributed by atoms with Gasteiger partial charge in [-0.2, -0.15) is 4.73 Å². The number of nitrogens with zero attached hydrogens (tertiary/aromatic N) is 1. The number of rotatable bonds is 16. The van der Waals surface area contributed by atoms with Gasteiger partial charge in [0.25, 0.3) is 5.03 Å². The van der Waals surface area contributed by atoms with Crippen molar-refractivity contribution >= 4 is 35.0 Å². The number of carbonyl (C=O) groups is 2. The highest BCUT2D eigenvalue weighted by Crippen LogP contribution is 2.39. The van der Waals surface area contributed by atoms with E-state index in [1.807, 2.05) is 84.9 Å². The molecule has 0 unspecified atom stereocenters. The summed E-state index contributed by atoms with van der Waals surface area (Å²) in [5.41, 5.74) is 12.8. The number of amides is 2. The van der Waals surface area contributed by atoms with Crippen LogP contribution in [0.5, 0.6) is 0 Å². The van der Waals surface area contributed by atoms with Gasteiger partial charge in [-0.15, -0.1) is 0 Å². The van der Waals surface area contributed by atoms with E-state index in [-0.39, 0.29) is 30.6 Å². The van der Waals surface area contributed by atoms with Gasteiger partial charge in [0.15, 0.2) is 12.5 Å². The van der Waals surface area contributed by atoms with Gasteiger partial charge in [0.1, 0.15) is 0 Å². The fraction of sp³-hybridized carbons (Fsp3) is 0.279. The average molecular weight is 747 g/mol. The van der Waals surface area contributed by atoms with E-state index in [2.05, 4.69) is 16.7 Å². The summed E-state index contributed by atoms with van der Waals surface area (Å²) in [5, 5.41) is 28.3. The number of para-hydroxylation sites is 2. The lowest BCUT2D eigenvalue weighted by Gasteiger charge is -2.36. The molecular weight excluding hydrogens is 701 g/mol. The molecule has 4 aromatic carbocycles. The van der Waals surface area contributed by atoms with E-state index in [4.69, 9.17) is 15.2 Å². The number of aliphatic hydroxyl groups excluding tert-OH is 1. The molecule has 2 heterocycles. The third-order valence-corrected chi connectivity index (χ3v) is 10.4. The summed E-state index contributed by atoms with van der Waals surface area (Å²) >= 11 is 1.46. The highest BCUT2D eigenvalue weighted by molar-refractivity contribution is 7.99. The maximum atomic E-state index is 12.6. The minimum atomic E-state index is -0.608. The van der Waals surface area contributed by atoms with Crippen molar-refractivity contribution in [2.45, 2.75) is 75.2 Å². The summed E-state index contributed by atoms with van der Waals surface area (Å²) in [7, 11) is 0. The summed E-state index contributed by atoms with van der Waals surface area (Å²) in [4.78, 5) is 24.8. The molecule has 0 aliphatic carbocycles. The first-order chi connectivity index (χ1) is 26.3. The molecule has 1 fully saturated rings. The molecular formula is C43H46N4O6S. The summed E-state index contributed by atoms with van der Waals surface area (Å²) in [6.45, 7) is 0.398. The highest BCUT2D eigenvalue weighted by Gasteiger charge is 2.32. The molecule has 3 atom stereocenters. The lowest BCUT2D eigenvalue weighted by atomic mass is 9.99. The number of aromatic nitrogens is 1. The molecule has 1 aliphatic heterocycles. The molecule has 0 spiro atoms. The van der Waals surface area contributed by atoms with Gasteiger partial charge in [-0.05, 0) is 64.9 Å². The van der Waals surface area contributed by atoms with E-state index in [1.165, 1.54) is 18.0 Å². The highest BCUT2D eigenvalue weighted by atomic mass is 32.2. The molecule has 1 aliphatic rings. The van der Waals surface area contributed by atoms with Crippen molar-refractivity contribution in [1.82, 2.24) is 5.32 Å². The number of nitrogens with two attached hydrogens (primary N) is 1. The fourth-order valence-corrected chi connectivity index (χ4v) is 7.21. The molecule has 2 amide bonds. The Morgan fingerprint density at radius 2 is 1.54 bits per heavy atom. The number of nitrogen functional groups attached to an aromatic ring is 1. The van der Waals surface area contributed by atoms with Gasteiger partial charge in [-0.25, -0.2) is 0 Å². The number of pyridine rings is 1. The Kier molecular flexibility index (Phi) is 13.7. The molecule has 5 N–H and O–H groups in total. The van der Waals surface area contributed by atoms with E-state index >= 15 is 0 Å². The lowest BCUT2D eigenvalue weighted by molar-refractivity contribution is -0.645. The number of anilines is 2. The number of benzene rings is 4. The van der Waals surface area contributed by atoms with Crippen molar-refractivity contribution in [2.75, 3.05) is 16.8 Å². The molecule has 0 saturated carbocycles. The summed E-state index contributed by atoms with van der Waals surface area (Å²) in [5.74, 6) is 0.484. The third-order valence-electron chi connectivity index (χ3n) is 9.30. The fourth-order valence-electron chi connectivity index (χ4n) is 6.28. The molecule has 0 radical (unpaired) electrons. The zero-order chi connectivity index (χ0) is 37.7. The van der Waals surface area contributed by atoms with Crippen LogP contribution >= 0.6 is 11.8 Å². The van der Waals surface area contributed by atoms with Crippen LogP contribution in [-0.2, 0) is 32.2 Å². The molecule has 280 valence electrons. The number of hydrogen-bond donors (Lipinski definition) is 4. The van der Waals surface area contributed by atoms with E-state index in [1.54, 1.807) is 24.3 Å². The number of thioether (sulfide) groups is 1. The van der Waals surface area contributed by atoms with E-state index < -0.39 is 6.29 Å². The van der Waals surface area contributed by atoms with Crippen LogP contribution in [0.1, 0.15) is 73.2 Å². The molecule has 11 heteroatoms. The third kappa shape index (κ3) is 10.9. The Morgan fingerprint density at radius 1 is 0.796 bits per heavy atom. The van der Waals surface area contributed by atoms with E-state index in [9.17, 15) is 19.9 Å². The first-order valence-electron chi connectivity index (χ1n) is 18.3. The van der Waals surface area contributed by atoms with Crippen molar-refractivity contribution in [1.29, 1.82) is 0 Å². The Morgan fingerprint density at radius 3 is 2.30 bits per heavy atom. The zero-order valence-corrected chi connectivity index (χ0v) is 30.9. The zero-order valence-electron chi connectivity index (χ0n) is 30.1. The van der Waals surface area contributed by atoms with Crippen molar-refractivity contribution in [2.24, 2.45) is 0 Å². The van der Waals surface area contributed by atoms with Gasteiger partial charge >= 0.3 is 0 Å². The van der Waals surface area contributed by atoms with E-state index in [0.29, 0.717) is 60.8 Å². The van der Waals surface area contributed by atoms with Gasteiger partial charge in [0, 0.05) is 49.3 Å². The van der Waals surface area contributed by atoms with Gasteiger partial charge in [-0.3, -0.25) is 9.59 Å². The van der Waals surface area contributed by atoms with Crippen molar-refractivity contribution in [3.63, 3.8) is 0 Å². The van der Waals surface area contributed by atoms with Crippen LogP contribution in [0.25, 0.3) is 11.1 Å². The second-order valence-electron chi connectivity index (χ2n) is 13.3. The first kappa shape index (κ1) is 38.5. The van der Waals surface area contributed by atoms with Crippen molar-refractivity contribution in [3.05, 3.63) is 149 Å². The van der Waals surface area contributed by atoms with Crippen LogP contribution in [-0.4, -0.2) is 28.8 Å². The number of unbranched alkanes of at least 4 members (excludes halogenated alkanes) is 2. The first-order valence-corrected chi connectivity index (χ1v) is 19.2. The van der Waals surface area contributed by atoms with Crippen molar-refractivity contribution < 1.29 is 28.9 Å². The molecule has 6 rings (SSSR count). The normalized spacial score (nSPS) is 16.8. The number of nitrogens with one attached hydrogen (secondary N) is 2. The van der Waals surface area contributed by atoms with Crippen LogP contribution in [0.2, 0.25) is 0 Å². The van der Waals surface area contributed by atoms with Crippen LogP contribution in [0.15, 0.2) is 126 Å². The number of carbonyl (C=O) groups excluding carboxylic acids is 2. The monoisotopic (exact) mass is 746 g/mol. The SMILES string of the molecule is Nc1ccccc1NC(=O)CCCCCC(=O)NCc1cccc(-c2ccc([C@H]3O[C@@H](CSc4cccc[n+]4[O-])C[C@@H](c4ccc(CO)cc4)O3)cc2)c1.